The average molecular weight is 223 g/mol. The van der Waals surface area contributed by atoms with E-state index in [-0.39, 0.29) is 11.9 Å². The first-order valence-electron chi connectivity index (χ1n) is 5.62. The number of amides is 1. The van der Waals surface area contributed by atoms with Crippen LogP contribution in [0.15, 0.2) is 12.4 Å². The van der Waals surface area contributed by atoms with Crippen LogP contribution in [0.5, 0.6) is 0 Å². The molecule has 1 aromatic heterocycles. The van der Waals surface area contributed by atoms with Crippen LogP contribution < -0.4 is 11.1 Å². The van der Waals surface area contributed by atoms with E-state index in [1.807, 2.05) is 0 Å². The Balaban J connectivity index is 1.60. The van der Waals surface area contributed by atoms with Gasteiger partial charge in [-0.3, -0.25) is 9.48 Å². The van der Waals surface area contributed by atoms with Gasteiger partial charge in [-0.1, -0.05) is 5.21 Å². The minimum absolute atomic E-state index is 0.0273. The van der Waals surface area contributed by atoms with Gasteiger partial charge in [0, 0.05) is 25.2 Å². The molecule has 0 saturated heterocycles. The van der Waals surface area contributed by atoms with E-state index in [4.69, 9.17) is 5.73 Å². The Labute approximate surface area is 94.2 Å². The highest BCUT2D eigenvalue weighted by atomic mass is 16.1. The van der Waals surface area contributed by atoms with E-state index in [0.29, 0.717) is 25.4 Å². The monoisotopic (exact) mass is 223 g/mol. The molecule has 6 heteroatoms. The fourth-order valence-electron chi connectivity index (χ4n) is 1.64. The Hall–Kier alpha value is -1.43. The van der Waals surface area contributed by atoms with Gasteiger partial charge in [-0.2, -0.15) is 0 Å². The normalized spacial score (nSPS) is 17.1. The first-order valence-corrected chi connectivity index (χ1v) is 5.62. The minimum Gasteiger partial charge on any atom is -0.354 e. The molecule has 1 aliphatic carbocycles. The second-order valence-electron chi connectivity index (χ2n) is 4.22. The zero-order valence-electron chi connectivity index (χ0n) is 9.17. The lowest BCUT2D eigenvalue weighted by molar-refractivity contribution is -0.121. The fourth-order valence-corrected chi connectivity index (χ4v) is 1.64. The fraction of sp³-hybridized carbons (Fsp3) is 0.700. The molecule has 88 valence electrons. The molecule has 6 nitrogen and oxygen atoms in total. The largest absolute Gasteiger partial charge is 0.354 e. The van der Waals surface area contributed by atoms with E-state index in [9.17, 15) is 4.79 Å². The minimum atomic E-state index is 0.0273. The zero-order valence-corrected chi connectivity index (χ0v) is 9.17. The summed E-state index contributed by atoms with van der Waals surface area (Å²) in [5.41, 5.74) is 5.86. The van der Waals surface area contributed by atoms with Gasteiger partial charge >= 0.3 is 0 Å². The van der Waals surface area contributed by atoms with Crippen molar-refractivity contribution in [1.82, 2.24) is 20.3 Å². The summed E-state index contributed by atoms with van der Waals surface area (Å²) in [6, 6.07) is 0.0337. The predicted molar refractivity (Wildman–Crippen MR) is 58.3 cm³/mol. The second kappa shape index (κ2) is 5.07. The van der Waals surface area contributed by atoms with Gasteiger partial charge in [0.15, 0.2) is 0 Å². The molecular weight excluding hydrogens is 206 g/mol. The number of hydrogen-bond donors (Lipinski definition) is 2. The molecule has 3 N–H and O–H groups in total. The molecule has 0 aliphatic heterocycles. The average Bonchev–Trinajstić information content (AvgIpc) is 2.98. The molecule has 1 fully saturated rings. The summed E-state index contributed by atoms with van der Waals surface area (Å²) in [6.07, 6.45) is 6.16. The Bertz CT molecular complexity index is 333. The summed E-state index contributed by atoms with van der Waals surface area (Å²) in [5, 5.41) is 10.3. The van der Waals surface area contributed by atoms with Gasteiger partial charge in [0.2, 0.25) is 5.91 Å². The van der Waals surface area contributed by atoms with Crippen molar-refractivity contribution in [1.29, 1.82) is 0 Å². The van der Waals surface area contributed by atoms with E-state index >= 15 is 0 Å². The maximum atomic E-state index is 11.5. The van der Waals surface area contributed by atoms with E-state index in [1.54, 1.807) is 17.1 Å². The molecule has 2 rings (SSSR count). The second-order valence-corrected chi connectivity index (χ2v) is 4.22. The van der Waals surface area contributed by atoms with Gasteiger partial charge in [0.25, 0.3) is 0 Å². The van der Waals surface area contributed by atoms with E-state index in [2.05, 4.69) is 15.6 Å². The third-order valence-corrected chi connectivity index (χ3v) is 2.78. The molecule has 1 saturated carbocycles. The predicted octanol–water partition coefficient (Wildman–Crippen LogP) is -0.478. The van der Waals surface area contributed by atoms with Crippen LogP contribution in [0, 0.1) is 5.92 Å². The quantitative estimate of drug-likeness (QED) is 0.682. The first-order chi connectivity index (χ1) is 7.75. The van der Waals surface area contributed by atoms with E-state index in [1.165, 1.54) is 12.8 Å². The molecule has 1 unspecified atom stereocenters. The van der Waals surface area contributed by atoms with Gasteiger partial charge in [-0.05, 0) is 18.8 Å². The van der Waals surface area contributed by atoms with E-state index in [0.717, 1.165) is 0 Å². The molecule has 1 amide bonds. The third-order valence-electron chi connectivity index (χ3n) is 2.78. The highest BCUT2D eigenvalue weighted by molar-refractivity contribution is 5.76. The molecule has 0 spiro atoms. The smallest absolute Gasteiger partial charge is 0.221 e. The maximum Gasteiger partial charge on any atom is 0.221 e. The lowest BCUT2D eigenvalue weighted by atomic mass is 10.1. The van der Waals surface area contributed by atoms with Crippen LogP contribution in [0.1, 0.15) is 19.3 Å². The van der Waals surface area contributed by atoms with Crippen molar-refractivity contribution in [2.45, 2.75) is 31.8 Å². The number of nitrogens with zero attached hydrogens (tertiary/aromatic N) is 3. The van der Waals surface area contributed by atoms with Crippen LogP contribution in [0.4, 0.5) is 0 Å². The van der Waals surface area contributed by atoms with Gasteiger partial charge in [-0.15, -0.1) is 5.10 Å². The van der Waals surface area contributed by atoms with Crippen molar-refractivity contribution in [3.05, 3.63) is 12.4 Å². The Morgan fingerprint density at radius 1 is 1.62 bits per heavy atom. The molecular formula is C10H17N5O. The van der Waals surface area contributed by atoms with Crippen LogP contribution in [-0.2, 0) is 11.3 Å². The van der Waals surface area contributed by atoms with Crippen LogP contribution in [-0.4, -0.2) is 33.5 Å². The zero-order chi connectivity index (χ0) is 11.4. The van der Waals surface area contributed by atoms with Crippen LogP contribution in [0.25, 0.3) is 0 Å². The highest BCUT2D eigenvalue weighted by Crippen LogP contribution is 2.32. The summed E-state index contributed by atoms with van der Waals surface area (Å²) in [5.74, 6) is 0.598. The van der Waals surface area contributed by atoms with Crippen molar-refractivity contribution in [2.75, 3.05) is 6.54 Å². The maximum absolute atomic E-state index is 11.5. The van der Waals surface area contributed by atoms with Crippen molar-refractivity contribution in [3.63, 3.8) is 0 Å². The Kier molecular flexibility index (Phi) is 3.51. The summed E-state index contributed by atoms with van der Waals surface area (Å²) < 4.78 is 1.68. The number of nitrogens with one attached hydrogen (secondary N) is 1. The van der Waals surface area contributed by atoms with E-state index < -0.39 is 0 Å². The standard InChI is InChI=1S/C10H17N5O/c11-9(8-1-2-8)7-10(16)12-3-5-15-6-4-13-14-15/h4,6,8-9H,1-3,5,7,11H2,(H,12,16). The lowest BCUT2D eigenvalue weighted by Crippen LogP contribution is -2.34. The number of rotatable bonds is 6. The van der Waals surface area contributed by atoms with Gasteiger partial charge in [0.05, 0.1) is 12.7 Å². The van der Waals surface area contributed by atoms with Crippen molar-refractivity contribution >= 4 is 5.91 Å². The molecule has 1 aromatic rings. The van der Waals surface area contributed by atoms with Crippen LogP contribution >= 0.6 is 0 Å². The first kappa shape index (κ1) is 11.1. The number of carbonyl (C=O) groups is 1. The topological polar surface area (TPSA) is 85.8 Å². The van der Waals surface area contributed by atoms with Gasteiger partial charge < -0.3 is 11.1 Å². The molecule has 1 heterocycles. The van der Waals surface area contributed by atoms with Crippen molar-refractivity contribution in [2.24, 2.45) is 11.7 Å². The molecule has 0 aromatic carbocycles. The molecule has 0 radical (unpaired) electrons. The SMILES string of the molecule is NC(CC(=O)NCCn1ccnn1)C1CC1. The number of nitrogens with two attached hydrogens (primary N) is 1. The lowest BCUT2D eigenvalue weighted by Gasteiger charge is -2.10. The Morgan fingerprint density at radius 3 is 3.06 bits per heavy atom. The molecule has 1 atom stereocenters. The Morgan fingerprint density at radius 2 is 2.44 bits per heavy atom. The number of carbonyl (C=O) groups excluding carboxylic acids is 1. The summed E-state index contributed by atoms with van der Waals surface area (Å²) in [7, 11) is 0. The number of hydrogen-bond acceptors (Lipinski definition) is 4. The molecule has 16 heavy (non-hydrogen) atoms. The van der Waals surface area contributed by atoms with Crippen molar-refractivity contribution in [3.8, 4) is 0 Å². The molecule has 0 bridgehead atoms. The summed E-state index contributed by atoms with van der Waals surface area (Å²) in [4.78, 5) is 11.5. The van der Waals surface area contributed by atoms with Crippen molar-refractivity contribution < 1.29 is 4.79 Å². The number of aromatic nitrogens is 3. The summed E-state index contributed by atoms with van der Waals surface area (Å²) >= 11 is 0. The molecule has 1 aliphatic rings. The van der Waals surface area contributed by atoms with Gasteiger partial charge in [0.1, 0.15) is 0 Å². The van der Waals surface area contributed by atoms with Crippen LogP contribution in [0.3, 0.4) is 0 Å². The van der Waals surface area contributed by atoms with Gasteiger partial charge in [-0.25, -0.2) is 0 Å². The van der Waals surface area contributed by atoms with Crippen LogP contribution in [0.2, 0.25) is 0 Å². The highest BCUT2D eigenvalue weighted by Gasteiger charge is 2.29. The summed E-state index contributed by atoms with van der Waals surface area (Å²) in [6.45, 7) is 1.21. The third kappa shape index (κ3) is 3.30.